The van der Waals surface area contributed by atoms with Gasteiger partial charge in [-0.2, -0.15) is 5.10 Å². The number of carbonyl (C=O) groups is 1. The van der Waals surface area contributed by atoms with E-state index >= 15 is 0 Å². The molecule has 3 heterocycles. The van der Waals surface area contributed by atoms with Gasteiger partial charge in [-0.15, -0.1) is 11.3 Å². The van der Waals surface area contributed by atoms with Crippen LogP contribution in [0.5, 0.6) is 0 Å². The third-order valence-corrected chi connectivity index (χ3v) is 5.68. The van der Waals surface area contributed by atoms with E-state index in [0.717, 1.165) is 47.5 Å². The van der Waals surface area contributed by atoms with Crippen molar-refractivity contribution < 1.29 is 4.79 Å². The molecule has 0 saturated carbocycles. The van der Waals surface area contributed by atoms with Crippen LogP contribution in [0.2, 0.25) is 5.02 Å². The molecule has 1 aliphatic rings. The molecule has 1 amide bonds. The summed E-state index contributed by atoms with van der Waals surface area (Å²) in [5, 5.41) is 7.28. The summed E-state index contributed by atoms with van der Waals surface area (Å²) >= 11 is 7.60. The fourth-order valence-corrected chi connectivity index (χ4v) is 3.93. The van der Waals surface area contributed by atoms with Crippen molar-refractivity contribution in [3.05, 3.63) is 59.1 Å². The smallest absolute Gasteiger partial charge is 0.244 e. The summed E-state index contributed by atoms with van der Waals surface area (Å²) in [6.07, 6.45) is 1.87. The molecule has 5 nitrogen and oxygen atoms in total. The van der Waals surface area contributed by atoms with Crippen molar-refractivity contribution in [3.63, 3.8) is 0 Å². The van der Waals surface area contributed by atoms with Crippen molar-refractivity contribution in [1.29, 1.82) is 0 Å². The Labute approximate surface area is 161 Å². The Hall–Kier alpha value is -2.31. The Bertz CT molecular complexity index is 867. The van der Waals surface area contributed by atoms with Gasteiger partial charge in [-0.3, -0.25) is 9.48 Å². The van der Waals surface area contributed by atoms with E-state index < -0.39 is 0 Å². The van der Waals surface area contributed by atoms with E-state index in [1.807, 2.05) is 58.9 Å². The topological polar surface area (TPSA) is 41.4 Å². The molecule has 0 atom stereocenters. The predicted molar refractivity (Wildman–Crippen MR) is 106 cm³/mol. The lowest BCUT2D eigenvalue weighted by Gasteiger charge is -2.36. The number of piperazine rings is 1. The van der Waals surface area contributed by atoms with E-state index in [9.17, 15) is 4.79 Å². The highest BCUT2D eigenvalue weighted by atomic mass is 35.5. The first-order valence-electron chi connectivity index (χ1n) is 8.55. The van der Waals surface area contributed by atoms with Gasteiger partial charge < -0.3 is 9.80 Å². The number of aromatic nitrogens is 2. The number of carbonyl (C=O) groups excluding carboxylic acids is 1. The second-order valence-corrected chi connectivity index (χ2v) is 7.60. The first-order valence-corrected chi connectivity index (χ1v) is 9.80. The molecule has 1 fully saturated rings. The monoisotopic (exact) mass is 386 g/mol. The summed E-state index contributed by atoms with van der Waals surface area (Å²) in [7, 11) is 0. The van der Waals surface area contributed by atoms with Crippen LogP contribution in [0.1, 0.15) is 0 Å². The molecule has 0 unspecified atom stereocenters. The van der Waals surface area contributed by atoms with Crippen molar-refractivity contribution in [1.82, 2.24) is 14.7 Å². The second kappa shape index (κ2) is 7.51. The predicted octanol–water partition coefficient (Wildman–Crippen LogP) is 3.61. The van der Waals surface area contributed by atoms with Crippen LogP contribution in [0.3, 0.4) is 0 Å². The van der Waals surface area contributed by atoms with Gasteiger partial charge in [-0.05, 0) is 41.8 Å². The summed E-state index contributed by atoms with van der Waals surface area (Å²) in [5.41, 5.74) is 2.06. The summed E-state index contributed by atoms with van der Waals surface area (Å²) in [6.45, 7) is 3.38. The molecule has 7 heteroatoms. The number of rotatable bonds is 4. The molecule has 1 saturated heterocycles. The molecular weight excluding hydrogens is 368 g/mol. The average Bonchev–Trinajstić information content (AvgIpc) is 3.34. The number of hydrogen-bond acceptors (Lipinski definition) is 4. The highest BCUT2D eigenvalue weighted by molar-refractivity contribution is 7.13. The molecule has 0 spiro atoms. The number of thiophene rings is 1. The van der Waals surface area contributed by atoms with Gasteiger partial charge in [-0.1, -0.05) is 17.7 Å². The molecule has 0 N–H and O–H groups in total. The Morgan fingerprint density at radius 1 is 1.08 bits per heavy atom. The summed E-state index contributed by atoms with van der Waals surface area (Å²) in [6, 6.07) is 13.8. The van der Waals surface area contributed by atoms with Crippen LogP contribution in [0.15, 0.2) is 54.0 Å². The third kappa shape index (κ3) is 3.76. The largest absolute Gasteiger partial charge is 0.368 e. The number of benzene rings is 1. The van der Waals surface area contributed by atoms with Crippen molar-refractivity contribution in [2.75, 3.05) is 31.1 Å². The molecule has 3 aromatic rings. The van der Waals surface area contributed by atoms with Gasteiger partial charge in [0.15, 0.2) is 0 Å². The van der Waals surface area contributed by atoms with Gasteiger partial charge in [0.05, 0.1) is 4.88 Å². The highest BCUT2D eigenvalue weighted by Crippen LogP contribution is 2.22. The van der Waals surface area contributed by atoms with Crippen molar-refractivity contribution in [3.8, 4) is 10.6 Å². The zero-order chi connectivity index (χ0) is 17.9. The maximum Gasteiger partial charge on any atom is 0.244 e. The lowest BCUT2D eigenvalue weighted by molar-refractivity contribution is -0.132. The number of anilines is 1. The molecule has 26 heavy (non-hydrogen) atoms. The van der Waals surface area contributed by atoms with Crippen LogP contribution in [0.25, 0.3) is 10.6 Å². The minimum atomic E-state index is 0.113. The van der Waals surface area contributed by atoms with Crippen LogP contribution >= 0.6 is 22.9 Å². The van der Waals surface area contributed by atoms with Crippen molar-refractivity contribution >= 4 is 34.5 Å². The van der Waals surface area contributed by atoms with E-state index in [0.29, 0.717) is 0 Å². The van der Waals surface area contributed by atoms with Gasteiger partial charge in [0.1, 0.15) is 12.2 Å². The van der Waals surface area contributed by atoms with Crippen LogP contribution < -0.4 is 4.90 Å². The summed E-state index contributed by atoms with van der Waals surface area (Å²) < 4.78 is 1.73. The normalized spacial score (nSPS) is 14.7. The second-order valence-electron chi connectivity index (χ2n) is 6.22. The molecule has 1 aromatic carbocycles. The molecule has 1 aliphatic heterocycles. The first kappa shape index (κ1) is 17.1. The number of halogens is 1. The van der Waals surface area contributed by atoms with E-state index in [-0.39, 0.29) is 12.5 Å². The molecule has 0 bridgehead atoms. The minimum absolute atomic E-state index is 0.113. The Morgan fingerprint density at radius 2 is 1.85 bits per heavy atom. The molecular formula is C19H19ClN4OS. The summed E-state index contributed by atoms with van der Waals surface area (Å²) in [4.78, 5) is 17.9. The highest BCUT2D eigenvalue weighted by Gasteiger charge is 2.21. The maximum atomic E-state index is 12.6. The number of nitrogens with zero attached hydrogens (tertiary/aromatic N) is 4. The molecule has 4 rings (SSSR count). The van der Waals surface area contributed by atoms with Crippen LogP contribution in [-0.4, -0.2) is 46.8 Å². The average molecular weight is 387 g/mol. The van der Waals surface area contributed by atoms with E-state index in [1.165, 1.54) is 0 Å². The molecule has 0 radical (unpaired) electrons. The number of hydrogen-bond donors (Lipinski definition) is 0. The van der Waals surface area contributed by atoms with Crippen LogP contribution in [0.4, 0.5) is 5.69 Å². The standard InChI is InChI=1S/C19H19ClN4OS/c20-15-3-5-16(6-4-15)22-9-11-23(12-10-22)19(25)14-24-8-7-17(21-24)18-2-1-13-26-18/h1-8,13H,9-12,14H2. The quantitative estimate of drug-likeness (QED) is 0.687. The maximum absolute atomic E-state index is 12.6. The number of amides is 1. The lowest BCUT2D eigenvalue weighted by Crippen LogP contribution is -2.49. The fraction of sp³-hybridized carbons (Fsp3) is 0.263. The Morgan fingerprint density at radius 3 is 2.54 bits per heavy atom. The minimum Gasteiger partial charge on any atom is -0.368 e. The van der Waals surface area contributed by atoms with Gasteiger partial charge in [0.2, 0.25) is 5.91 Å². The molecule has 134 valence electrons. The Balaban J connectivity index is 1.33. The van der Waals surface area contributed by atoms with E-state index in [1.54, 1.807) is 16.0 Å². The van der Waals surface area contributed by atoms with Gasteiger partial charge >= 0.3 is 0 Å². The zero-order valence-electron chi connectivity index (χ0n) is 14.2. The van der Waals surface area contributed by atoms with Crippen LogP contribution in [0, 0.1) is 0 Å². The Kier molecular flexibility index (Phi) is 4.95. The van der Waals surface area contributed by atoms with Crippen LogP contribution in [-0.2, 0) is 11.3 Å². The first-order chi connectivity index (χ1) is 12.7. The lowest BCUT2D eigenvalue weighted by atomic mass is 10.2. The fourth-order valence-electron chi connectivity index (χ4n) is 3.11. The molecule has 2 aromatic heterocycles. The molecule has 0 aliphatic carbocycles. The SMILES string of the molecule is O=C(Cn1ccc(-c2cccs2)n1)N1CCN(c2ccc(Cl)cc2)CC1. The summed E-state index contributed by atoms with van der Waals surface area (Å²) in [5.74, 6) is 0.113. The van der Waals surface area contributed by atoms with Crippen molar-refractivity contribution in [2.24, 2.45) is 0 Å². The zero-order valence-corrected chi connectivity index (χ0v) is 15.8. The third-order valence-electron chi connectivity index (χ3n) is 4.54. The van der Waals surface area contributed by atoms with Gasteiger partial charge in [0, 0.05) is 43.1 Å². The van der Waals surface area contributed by atoms with Crippen molar-refractivity contribution in [2.45, 2.75) is 6.54 Å². The van der Waals surface area contributed by atoms with Gasteiger partial charge in [0.25, 0.3) is 0 Å². The van der Waals surface area contributed by atoms with E-state index in [4.69, 9.17) is 11.6 Å². The van der Waals surface area contributed by atoms with Gasteiger partial charge in [-0.25, -0.2) is 0 Å². The van der Waals surface area contributed by atoms with E-state index in [2.05, 4.69) is 10.00 Å².